The van der Waals surface area contributed by atoms with Gasteiger partial charge in [0.15, 0.2) is 0 Å². The normalized spacial score (nSPS) is 13.3. The summed E-state index contributed by atoms with van der Waals surface area (Å²) in [6.45, 7) is 0. The Labute approximate surface area is 363 Å². The molecule has 0 radical (unpaired) electrons. The molecule has 0 saturated carbocycles. The number of benzene rings is 10. The molecule has 0 unspecified atom stereocenters. The van der Waals surface area contributed by atoms with Crippen LogP contribution in [-0.4, -0.2) is 4.57 Å². The van der Waals surface area contributed by atoms with Crippen LogP contribution in [0, 0.1) is 0 Å². The van der Waals surface area contributed by atoms with Gasteiger partial charge in [-0.05, 0) is 106 Å². The number of hydrogen-bond acceptors (Lipinski definition) is 3. The van der Waals surface area contributed by atoms with E-state index in [1.54, 1.807) is 0 Å². The lowest BCUT2D eigenvalue weighted by Gasteiger charge is -2.45. The highest BCUT2D eigenvalue weighted by Gasteiger charge is 2.49. The van der Waals surface area contributed by atoms with Crippen molar-refractivity contribution in [3.63, 3.8) is 0 Å². The van der Waals surface area contributed by atoms with Gasteiger partial charge in [0.1, 0.15) is 22.7 Å². The fourth-order valence-electron chi connectivity index (χ4n) is 11.1. The molecule has 10 aromatic carbocycles. The predicted octanol–water partition coefficient (Wildman–Crippen LogP) is 15.8. The van der Waals surface area contributed by atoms with Crippen molar-refractivity contribution in [2.75, 3.05) is 4.90 Å². The SMILES string of the molecule is c1ccc(N(c2ccc3c(c2)C2(c4ccccc4Oc4ccccc42)c2cccc4cccc-3c24)c2ccc3c4ccccc4n(-c4ccc5c(c4)oc4ccccc45)c3c2)cc1. The van der Waals surface area contributed by atoms with Crippen molar-refractivity contribution < 1.29 is 9.15 Å². The monoisotopic (exact) mass is 804 g/mol. The first-order valence-electron chi connectivity index (χ1n) is 21.6. The molecule has 0 atom stereocenters. The third-order valence-corrected chi connectivity index (χ3v) is 13.6. The highest BCUT2D eigenvalue weighted by Crippen LogP contribution is 2.61. The maximum Gasteiger partial charge on any atom is 0.137 e. The van der Waals surface area contributed by atoms with Crippen molar-refractivity contribution in [1.29, 1.82) is 0 Å². The van der Waals surface area contributed by atoms with Crippen LogP contribution in [0.25, 0.3) is 71.3 Å². The number of aromatic nitrogens is 1. The minimum atomic E-state index is -0.654. The van der Waals surface area contributed by atoms with E-state index < -0.39 is 5.41 Å². The summed E-state index contributed by atoms with van der Waals surface area (Å²) in [5.74, 6) is 1.76. The Morgan fingerprint density at radius 2 is 1.02 bits per heavy atom. The molecule has 63 heavy (non-hydrogen) atoms. The van der Waals surface area contributed by atoms with Crippen LogP contribution in [0.5, 0.6) is 11.5 Å². The van der Waals surface area contributed by atoms with E-state index in [-0.39, 0.29) is 0 Å². The van der Waals surface area contributed by atoms with Gasteiger partial charge in [-0.1, -0.05) is 140 Å². The third-order valence-electron chi connectivity index (χ3n) is 13.6. The second kappa shape index (κ2) is 12.8. The van der Waals surface area contributed by atoms with Crippen LogP contribution in [0.15, 0.2) is 223 Å². The number of para-hydroxylation sites is 5. The molecular weight excluding hydrogens is 769 g/mol. The molecule has 1 aliphatic heterocycles. The quantitative estimate of drug-likeness (QED) is 0.178. The number of nitrogens with zero attached hydrogens (tertiary/aromatic N) is 2. The van der Waals surface area contributed by atoms with E-state index in [2.05, 4.69) is 216 Å². The molecule has 2 aliphatic rings. The Bertz CT molecular complexity index is 3810. The van der Waals surface area contributed by atoms with Crippen LogP contribution in [0.4, 0.5) is 17.1 Å². The first-order chi connectivity index (χ1) is 31.2. The van der Waals surface area contributed by atoms with Gasteiger partial charge in [-0.15, -0.1) is 0 Å². The molecular formula is C59H36N2O2. The van der Waals surface area contributed by atoms with Crippen molar-refractivity contribution >= 4 is 71.6 Å². The van der Waals surface area contributed by atoms with E-state index in [1.165, 1.54) is 43.8 Å². The van der Waals surface area contributed by atoms with Crippen LogP contribution in [0.3, 0.4) is 0 Å². The molecule has 12 aromatic rings. The molecule has 1 spiro atoms. The number of ether oxygens (including phenoxy) is 1. The maximum absolute atomic E-state index is 6.75. The van der Waals surface area contributed by atoms with E-state index in [1.807, 2.05) is 12.1 Å². The average molecular weight is 805 g/mol. The fraction of sp³-hybridized carbons (Fsp3) is 0.0169. The topological polar surface area (TPSA) is 30.5 Å². The Morgan fingerprint density at radius 1 is 0.381 bits per heavy atom. The lowest BCUT2D eigenvalue weighted by molar-refractivity contribution is 0.435. The van der Waals surface area contributed by atoms with Crippen LogP contribution < -0.4 is 9.64 Å². The van der Waals surface area contributed by atoms with Gasteiger partial charge in [0.05, 0.1) is 16.4 Å². The second-order valence-electron chi connectivity index (χ2n) is 16.8. The molecule has 1 aliphatic carbocycles. The van der Waals surface area contributed by atoms with Gasteiger partial charge < -0.3 is 18.6 Å². The first kappa shape index (κ1) is 34.4. The van der Waals surface area contributed by atoms with E-state index in [4.69, 9.17) is 9.15 Å². The Balaban J connectivity index is 1.04. The average Bonchev–Trinajstić information content (AvgIpc) is 3.88. The molecule has 2 aromatic heterocycles. The molecule has 0 bridgehead atoms. The summed E-state index contributed by atoms with van der Waals surface area (Å²) in [7, 11) is 0. The van der Waals surface area contributed by atoms with Crippen molar-refractivity contribution in [2.45, 2.75) is 5.41 Å². The van der Waals surface area contributed by atoms with E-state index in [0.29, 0.717) is 0 Å². The van der Waals surface area contributed by atoms with Gasteiger partial charge in [0.2, 0.25) is 0 Å². The minimum Gasteiger partial charge on any atom is -0.457 e. The summed E-state index contributed by atoms with van der Waals surface area (Å²) in [5, 5.41) is 7.15. The number of furan rings is 1. The first-order valence-corrected chi connectivity index (χ1v) is 21.6. The number of anilines is 3. The highest BCUT2D eigenvalue weighted by atomic mass is 16.5. The van der Waals surface area contributed by atoms with Gasteiger partial charge in [0, 0.05) is 61.5 Å². The largest absolute Gasteiger partial charge is 0.457 e. The van der Waals surface area contributed by atoms with Crippen LogP contribution in [0.2, 0.25) is 0 Å². The lowest BCUT2D eigenvalue weighted by Crippen LogP contribution is -2.36. The third kappa shape index (κ3) is 4.69. The molecule has 294 valence electrons. The molecule has 4 nitrogen and oxygen atoms in total. The number of fused-ring (bicyclic) bond motifs is 14. The fourth-order valence-corrected chi connectivity index (χ4v) is 11.1. The summed E-state index contributed by atoms with van der Waals surface area (Å²) in [6.07, 6.45) is 0. The number of hydrogen-bond donors (Lipinski definition) is 0. The standard InChI is InChI=1S/C59H36N2O2/c1-2-16-38(17-3-1)60(40-29-32-44-43-18-4-8-24-52(43)61(53(44)35-40)41-30-33-46-45-19-5-9-25-54(45)62-57(46)36-41)39-28-31-42-47-20-12-14-37-15-13-23-50(58(37)47)59(51(42)34-39)48-21-6-10-26-55(48)63-56-27-11-7-22-49(56)59/h1-36H. The summed E-state index contributed by atoms with van der Waals surface area (Å²) in [5.41, 5.74) is 14.9. The van der Waals surface area contributed by atoms with Gasteiger partial charge in [0.25, 0.3) is 0 Å². The lowest BCUT2D eigenvalue weighted by atomic mass is 9.58. The molecule has 0 amide bonds. The van der Waals surface area contributed by atoms with Gasteiger partial charge in [-0.25, -0.2) is 0 Å². The smallest absolute Gasteiger partial charge is 0.137 e. The minimum absolute atomic E-state index is 0.654. The van der Waals surface area contributed by atoms with Crippen molar-refractivity contribution in [3.8, 4) is 28.3 Å². The summed E-state index contributed by atoms with van der Waals surface area (Å²) in [4.78, 5) is 2.41. The molecule has 3 heterocycles. The van der Waals surface area contributed by atoms with Gasteiger partial charge in [-0.2, -0.15) is 0 Å². The summed E-state index contributed by atoms with van der Waals surface area (Å²) >= 11 is 0. The van der Waals surface area contributed by atoms with Crippen LogP contribution in [0.1, 0.15) is 22.3 Å². The molecule has 14 rings (SSSR count). The van der Waals surface area contributed by atoms with Crippen molar-refractivity contribution in [1.82, 2.24) is 4.57 Å². The zero-order chi connectivity index (χ0) is 41.2. The van der Waals surface area contributed by atoms with E-state index >= 15 is 0 Å². The van der Waals surface area contributed by atoms with Crippen molar-refractivity contribution in [3.05, 3.63) is 241 Å². The van der Waals surface area contributed by atoms with Gasteiger partial charge >= 0.3 is 0 Å². The number of rotatable bonds is 4. The Kier molecular flexibility index (Phi) is 7.01. The van der Waals surface area contributed by atoms with Crippen LogP contribution >= 0.6 is 0 Å². The zero-order valence-electron chi connectivity index (χ0n) is 34.0. The Morgan fingerprint density at radius 3 is 1.86 bits per heavy atom. The van der Waals surface area contributed by atoms with Crippen molar-refractivity contribution in [2.24, 2.45) is 0 Å². The second-order valence-corrected chi connectivity index (χ2v) is 16.8. The predicted molar refractivity (Wildman–Crippen MR) is 258 cm³/mol. The Hall–Kier alpha value is -8.34. The molecule has 4 heteroatoms. The van der Waals surface area contributed by atoms with E-state index in [0.717, 1.165) is 78.3 Å². The molecule has 0 saturated heterocycles. The van der Waals surface area contributed by atoms with Gasteiger partial charge in [-0.3, -0.25) is 0 Å². The molecule has 0 N–H and O–H groups in total. The summed E-state index contributed by atoms with van der Waals surface area (Å²) < 4.78 is 15.6. The molecule has 0 fully saturated rings. The van der Waals surface area contributed by atoms with Crippen LogP contribution in [-0.2, 0) is 5.41 Å². The zero-order valence-corrected chi connectivity index (χ0v) is 34.0. The maximum atomic E-state index is 6.75. The van der Waals surface area contributed by atoms with E-state index in [9.17, 15) is 0 Å². The highest BCUT2D eigenvalue weighted by molar-refractivity contribution is 6.12. The summed E-state index contributed by atoms with van der Waals surface area (Å²) in [6, 6.07) is 79.1.